The molecule has 0 heterocycles. The highest BCUT2D eigenvalue weighted by molar-refractivity contribution is 7.87. The van der Waals surface area contributed by atoms with Crippen molar-refractivity contribution in [3.63, 3.8) is 0 Å². The molecule has 0 unspecified atom stereocenters. The Kier molecular flexibility index (Phi) is 5.76. The number of carbonyl (C=O) groups is 1. The lowest BCUT2D eigenvalue weighted by atomic mass is 10.1. The predicted octanol–water partition coefficient (Wildman–Crippen LogP) is 3.37. The molecule has 10 heteroatoms. The van der Waals surface area contributed by atoms with E-state index in [2.05, 4.69) is 4.74 Å². The zero-order valence-corrected chi connectivity index (χ0v) is 13.9. The van der Waals surface area contributed by atoms with E-state index < -0.39 is 28.2 Å². The van der Waals surface area contributed by atoms with Crippen LogP contribution >= 0.6 is 0 Å². The van der Waals surface area contributed by atoms with Crippen molar-refractivity contribution < 1.29 is 40.4 Å². The minimum absolute atomic E-state index is 0.0515. The largest absolute Gasteiger partial charge is 0.573 e. The van der Waals surface area contributed by atoms with Crippen molar-refractivity contribution in [2.24, 2.45) is 0 Å². The van der Waals surface area contributed by atoms with Gasteiger partial charge in [0.1, 0.15) is 16.4 Å². The fraction of sp³-hybridized carbons (Fsp3) is 0.188. The molecule has 0 aliphatic heterocycles. The lowest BCUT2D eigenvalue weighted by molar-refractivity contribution is -0.274. The number of halogens is 3. The molecular weight excluding hydrogens is 377 g/mol. The lowest BCUT2D eigenvalue weighted by Gasteiger charge is -2.12. The molecule has 0 fully saturated rings. The van der Waals surface area contributed by atoms with E-state index >= 15 is 0 Å². The highest BCUT2D eigenvalue weighted by Crippen LogP contribution is 2.27. The molecule has 0 aliphatic rings. The smallest absolute Gasteiger partial charge is 0.481 e. The molecule has 2 aromatic rings. The molecule has 2 rings (SSSR count). The van der Waals surface area contributed by atoms with Crippen molar-refractivity contribution in [1.29, 1.82) is 0 Å². The van der Waals surface area contributed by atoms with Crippen LogP contribution in [0.5, 0.6) is 11.5 Å². The number of para-hydroxylation sites is 1. The van der Waals surface area contributed by atoms with E-state index in [-0.39, 0.29) is 23.5 Å². The third-order valence-corrected chi connectivity index (χ3v) is 4.37. The van der Waals surface area contributed by atoms with Gasteiger partial charge in [0.25, 0.3) is 0 Å². The standard InChI is InChI=1S/C16H13F3O6S/c17-16(18,19)24-12-6-8-13(9-7-12)26(22,23)25-14-4-2-1-3-11(14)5-10-15(20)21/h1-4,6-9H,5,10H2,(H,20,21). The quantitative estimate of drug-likeness (QED) is 0.729. The number of ether oxygens (including phenoxy) is 1. The monoisotopic (exact) mass is 390 g/mol. The summed E-state index contributed by atoms with van der Waals surface area (Å²) in [5.41, 5.74) is 0.371. The van der Waals surface area contributed by atoms with E-state index in [0.717, 1.165) is 24.3 Å². The molecule has 140 valence electrons. The molecule has 0 saturated heterocycles. The zero-order chi connectivity index (χ0) is 19.4. The second-order valence-corrected chi connectivity index (χ2v) is 6.60. The van der Waals surface area contributed by atoms with E-state index in [1.165, 1.54) is 18.2 Å². The molecule has 0 saturated carbocycles. The van der Waals surface area contributed by atoms with E-state index in [9.17, 15) is 26.4 Å². The maximum absolute atomic E-state index is 12.3. The molecule has 26 heavy (non-hydrogen) atoms. The highest BCUT2D eigenvalue weighted by Gasteiger charge is 2.31. The van der Waals surface area contributed by atoms with Crippen LogP contribution in [0.1, 0.15) is 12.0 Å². The van der Waals surface area contributed by atoms with E-state index in [1.807, 2.05) is 0 Å². The zero-order valence-electron chi connectivity index (χ0n) is 13.1. The molecule has 0 aromatic heterocycles. The summed E-state index contributed by atoms with van der Waals surface area (Å²) < 4.78 is 69.6. The van der Waals surface area contributed by atoms with Crippen LogP contribution in [0.2, 0.25) is 0 Å². The van der Waals surface area contributed by atoms with Crippen molar-refractivity contribution in [3.05, 3.63) is 54.1 Å². The molecule has 0 bridgehead atoms. The molecule has 0 aliphatic carbocycles. The van der Waals surface area contributed by atoms with E-state index in [1.54, 1.807) is 6.07 Å². The number of hydrogen-bond acceptors (Lipinski definition) is 5. The Balaban J connectivity index is 2.20. The summed E-state index contributed by atoms with van der Waals surface area (Å²) in [6, 6.07) is 9.51. The first-order valence-electron chi connectivity index (χ1n) is 7.17. The molecule has 0 amide bonds. The van der Waals surface area contributed by atoms with Crippen LogP contribution in [0, 0.1) is 0 Å². The fourth-order valence-corrected chi connectivity index (χ4v) is 2.97. The van der Waals surface area contributed by atoms with Crippen LogP contribution in [0.4, 0.5) is 13.2 Å². The van der Waals surface area contributed by atoms with Gasteiger partial charge in [0.15, 0.2) is 0 Å². The summed E-state index contributed by atoms with van der Waals surface area (Å²) in [6.45, 7) is 0. The molecule has 0 spiro atoms. The maximum Gasteiger partial charge on any atom is 0.573 e. The van der Waals surface area contributed by atoms with Crippen molar-refractivity contribution >= 4 is 16.1 Å². The van der Waals surface area contributed by atoms with Crippen molar-refractivity contribution in [2.45, 2.75) is 24.1 Å². The van der Waals surface area contributed by atoms with Gasteiger partial charge in [-0.05, 0) is 42.3 Å². The Morgan fingerprint density at radius 2 is 1.65 bits per heavy atom. The number of hydrogen-bond donors (Lipinski definition) is 1. The van der Waals surface area contributed by atoms with E-state index in [4.69, 9.17) is 9.29 Å². The average Bonchev–Trinajstić information content (AvgIpc) is 2.52. The predicted molar refractivity (Wildman–Crippen MR) is 83.3 cm³/mol. The molecule has 1 N–H and O–H groups in total. The van der Waals surface area contributed by atoms with Gasteiger partial charge in [0, 0.05) is 6.42 Å². The first kappa shape index (κ1) is 19.6. The normalized spacial score (nSPS) is 11.8. The van der Waals surface area contributed by atoms with Gasteiger partial charge < -0.3 is 14.0 Å². The summed E-state index contributed by atoms with van der Waals surface area (Å²) >= 11 is 0. The third kappa shape index (κ3) is 5.66. The van der Waals surface area contributed by atoms with Crippen LogP contribution in [0.3, 0.4) is 0 Å². The van der Waals surface area contributed by atoms with Gasteiger partial charge in [-0.15, -0.1) is 13.2 Å². The van der Waals surface area contributed by atoms with Gasteiger partial charge in [-0.25, -0.2) is 0 Å². The van der Waals surface area contributed by atoms with Crippen molar-refractivity contribution in [1.82, 2.24) is 0 Å². The van der Waals surface area contributed by atoms with E-state index in [0.29, 0.717) is 5.56 Å². The summed E-state index contributed by atoms with van der Waals surface area (Å²) in [5.74, 6) is -1.68. The van der Waals surface area contributed by atoms with Gasteiger partial charge in [-0.2, -0.15) is 8.42 Å². The van der Waals surface area contributed by atoms with Gasteiger partial charge in [0.05, 0.1) is 0 Å². The minimum atomic E-state index is -4.89. The highest BCUT2D eigenvalue weighted by atomic mass is 32.2. The van der Waals surface area contributed by atoms with Crippen LogP contribution in [0.25, 0.3) is 0 Å². The molecule has 0 atom stereocenters. The second kappa shape index (κ2) is 7.65. The number of aliphatic carboxylic acids is 1. The lowest BCUT2D eigenvalue weighted by Crippen LogP contribution is -2.17. The van der Waals surface area contributed by atoms with Crippen LogP contribution in [-0.4, -0.2) is 25.9 Å². The Bertz CT molecular complexity index is 876. The van der Waals surface area contributed by atoms with Crippen molar-refractivity contribution in [2.75, 3.05) is 0 Å². The first-order chi connectivity index (χ1) is 12.1. The summed E-state index contributed by atoms with van der Waals surface area (Å²) in [6.07, 6.45) is -5.05. The Morgan fingerprint density at radius 1 is 1.04 bits per heavy atom. The first-order valence-corrected chi connectivity index (χ1v) is 8.58. The molecular formula is C16H13F3O6S. The third-order valence-electron chi connectivity index (χ3n) is 3.13. The van der Waals surface area contributed by atoms with Crippen LogP contribution in [-0.2, 0) is 21.3 Å². The fourth-order valence-electron chi connectivity index (χ4n) is 2.01. The van der Waals surface area contributed by atoms with Gasteiger partial charge in [-0.3, -0.25) is 4.79 Å². The van der Waals surface area contributed by atoms with Gasteiger partial charge in [-0.1, -0.05) is 18.2 Å². The summed E-state index contributed by atoms with van der Waals surface area (Å²) in [4.78, 5) is 10.3. The number of aryl methyl sites for hydroxylation is 1. The van der Waals surface area contributed by atoms with Crippen LogP contribution < -0.4 is 8.92 Å². The molecule has 6 nitrogen and oxygen atoms in total. The number of benzene rings is 2. The molecule has 2 aromatic carbocycles. The topological polar surface area (TPSA) is 89.9 Å². The summed E-state index contributed by atoms with van der Waals surface area (Å²) in [7, 11) is -4.32. The summed E-state index contributed by atoms with van der Waals surface area (Å²) in [5, 5.41) is 8.73. The Labute approximate surface area is 146 Å². The maximum atomic E-state index is 12.3. The minimum Gasteiger partial charge on any atom is -0.481 e. The second-order valence-electron chi connectivity index (χ2n) is 5.06. The number of alkyl halides is 3. The average molecular weight is 390 g/mol. The Hall–Kier alpha value is -2.75. The SMILES string of the molecule is O=C(O)CCc1ccccc1OS(=O)(=O)c1ccc(OC(F)(F)F)cc1. The molecule has 0 radical (unpaired) electrons. The van der Waals surface area contributed by atoms with Gasteiger partial charge >= 0.3 is 22.4 Å². The van der Waals surface area contributed by atoms with Crippen LogP contribution in [0.15, 0.2) is 53.4 Å². The van der Waals surface area contributed by atoms with Gasteiger partial charge in [0.2, 0.25) is 0 Å². The van der Waals surface area contributed by atoms with Crippen molar-refractivity contribution in [3.8, 4) is 11.5 Å². The number of carboxylic acids is 1. The Morgan fingerprint density at radius 3 is 2.23 bits per heavy atom. The number of rotatable bonds is 7. The number of carboxylic acid groups (broad SMARTS) is 1.